The molecule has 15 heteroatoms. The highest BCUT2D eigenvalue weighted by molar-refractivity contribution is 7.13. The van der Waals surface area contributed by atoms with Crippen LogP contribution in [0.3, 0.4) is 0 Å². The number of hydrogen-bond acceptors (Lipinski definition) is 5. The minimum atomic E-state index is -6.33. The van der Waals surface area contributed by atoms with Crippen LogP contribution < -0.4 is 0 Å². The molecular weight excluding hydrogens is 493 g/mol. The maximum Gasteiger partial charge on any atom is 0.459 e. The molecule has 3 aromatic rings. The Bertz CT molecular complexity index is 1210. The van der Waals surface area contributed by atoms with Crippen LogP contribution in [0, 0.1) is 5.82 Å². The van der Waals surface area contributed by atoms with Crippen LogP contribution >= 0.6 is 11.3 Å². The van der Waals surface area contributed by atoms with E-state index in [2.05, 4.69) is 14.8 Å². The third kappa shape index (κ3) is 4.28. The van der Waals surface area contributed by atoms with Gasteiger partial charge in [0.15, 0.2) is 5.69 Å². The molecule has 0 saturated heterocycles. The number of nitrogens with zero attached hydrogens (tertiary/aromatic N) is 3. The van der Waals surface area contributed by atoms with Gasteiger partial charge in [0, 0.05) is 18.0 Å². The summed E-state index contributed by atoms with van der Waals surface area (Å²) in [6.45, 7) is 0. The Labute approximate surface area is 182 Å². The minimum absolute atomic E-state index is 0.0598. The van der Waals surface area contributed by atoms with Gasteiger partial charge in [-0.3, -0.25) is 4.68 Å². The van der Waals surface area contributed by atoms with Gasteiger partial charge in [0.2, 0.25) is 0 Å². The summed E-state index contributed by atoms with van der Waals surface area (Å²) in [5.41, 5.74) is -6.98. The van der Waals surface area contributed by atoms with Crippen molar-refractivity contribution in [1.82, 2.24) is 14.8 Å². The third-order valence-electron chi connectivity index (χ3n) is 4.35. The molecule has 0 fully saturated rings. The van der Waals surface area contributed by atoms with Crippen LogP contribution in [0.5, 0.6) is 0 Å². The molecule has 3 rings (SSSR count). The number of carbonyl (C=O) groups excluding carboxylic acids is 1. The van der Waals surface area contributed by atoms with E-state index in [0.29, 0.717) is 11.3 Å². The zero-order valence-electron chi connectivity index (χ0n) is 16.3. The van der Waals surface area contributed by atoms with E-state index in [1.54, 1.807) is 0 Å². The van der Waals surface area contributed by atoms with Crippen LogP contribution in [-0.4, -0.2) is 34.0 Å². The second kappa shape index (κ2) is 8.04. The number of thiazole rings is 1. The first-order valence-electron chi connectivity index (χ1n) is 8.53. The smallest absolute Gasteiger partial charge is 0.459 e. The van der Waals surface area contributed by atoms with Crippen molar-refractivity contribution in [3.63, 3.8) is 0 Å². The van der Waals surface area contributed by atoms with Gasteiger partial charge in [-0.2, -0.15) is 40.2 Å². The lowest BCUT2D eigenvalue weighted by Crippen LogP contribution is -2.36. The quantitative estimate of drug-likeness (QED) is 0.333. The summed E-state index contributed by atoms with van der Waals surface area (Å²) in [6.07, 6.45) is -12.0. The van der Waals surface area contributed by atoms with E-state index < -0.39 is 58.3 Å². The average molecular weight is 503 g/mol. The summed E-state index contributed by atoms with van der Waals surface area (Å²) in [5.74, 6) is -7.89. The molecule has 2 aromatic heterocycles. The Kier molecular flexibility index (Phi) is 5.98. The highest BCUT2D eigenvalue weighted by Gasteiger charge is 2.64. The minimum Gasteiger partial charge on any atom is -0.465 e. The van der Waals surface area contributed by atoms with Crippen molar-refractivity contribution in [2.45, 2.75) is 18.3 Å². The molecule has 2 heterocycles. The number of hydrogen-bond donors (Lipinski definition) is 0. The van der Waals surface area contributed by atoms with Crippen molar-refractivity contribution in [1.29, 1.82) is 0 Å². The maximum absolute atomic E-state index is 13.8. The van der Waals surface area contributed by atoms with Crippen LogP contribution in [0.15, 0.2) is 23.6 Å². The number of carbonyl (C=O) groups is 1. The Balaban J connectivity index is 2.18. The molecule has 33 heavy (non-hydrogen) atoms. The SMILES string of the molecule is COC(=O)c1cc(-c2nc(-c3c(C(F)(F)F)c(C(F)(F)C(F)(F)F)nn3C)cs2)ccc1F. The normalized spacial score (nSPS) is 12.8. The summed E-state index contributed by atoms with van der Waals surface area (Å²) >= 11 is 0.678. The fourth-order valence-corrected chi connectivity index (χ4v) is 3.68. The molecule has 178 valence electrons. The maximum atomic E-state index is 13.8. The standard InChI is InChI=1S/C18H10F9N3O2S/c1-30-12(11(17(22,23)24)13(29-30)16(20,21)18(25,26)27)10-6-33-14(28-10)7-3-4-9(19)8(5-7)15(31)32-2/h3-6H,1-2H3. The van der Waals surface area contributed by atoms with Gasteiger partial charge < -0.3 is 4.74 Å². The molecule has 0 unspecified atom stereocenters. The highest BCUT2D eigenvalue weighted by atomic mass is 32.1. The molecular formula is C18H10F9N3O2S. The van der Waals surface area contributed by atoms with E-state index in [1.165, 1.54) is 0 Å². The first kappa shape index (κ1) is 24.5. The molecule has 0 atom stereocenters. The van der Waals surface area contributed by atoms with Gasteiger partial charge in [0.1, 0.15) is 22.1 Å². The summed E-state index contributed by atoms with van der Waals surface area (Å²) in [5, 5.41) is 3.71. The second-order valence-electron chi connectivity index (χ2n) is 6.49. The predicted octanol–water partition coefficient (Wildman–Crippen LogP) is 5.81. The number of aromatic nitrogens is 3. The lowest BCUT2D eigenvalue weighted by Gasteiger charge is -2.19. The molecule has 5 nitrogen and oxygen atoms in total. The summed E-state index contributed by atoms with van der Waals surface area (Å²) in [7, 11) is 1.75. The average Bonchev–Trinajstić information content (AvgIpc) is 3.31. The van der Waals surface area contributed by atoms with Crippen molar-refractivity contribution in [2.75, 3.05) is 7.11 Å². The third-order valence-corrected chi connectivity index (χ3v) is 5.24. The van der Waals surface area contributed by atoms with E-state index in [0.717, 1.165) is 37.7 Å². The lowest BCUT2D eigenvalue weighted by atomic mass is 10.1. The zero-order valence-corrected chi connectivity index (χ0v) is 17.1. The topological polar surface area (TPSA) is 57.0 Å². The lowest BCUT2D eigenvalue weighted by molar-refractivity contribution is -0.292. The summed E-state index contributed by atoms with van der Waals surface area (Å²) in [6, 6.07) is 3.01. The number of esters is 1. The van der Waals surface area contributed by atoms with Crippen LogP contribution in [0.2, 0.25) is 0 Å². The predicted molar refractivity (Wildman–Crippen MR) is 96.0 cm³/mol. The van der Waals surface area contributed by atoms with Crippen LogP contribution in [0.25, 0.3) is 22.0 Å². The monoisotopic (exact) mass is 503 g/mol. The number of rotatable bonds is 4. The molecule has 0 spiro atoms. The number of alkyl halides is 8. The van der Waals surface area contributed by atoms with Gasteiger partial charge >= 0.3 is 24.2 Å². The molecule has 0 saturated carbocycles. The van der Waals surface area contributed by atoms with Crippen molar-refractivity contribution in [2.24, 2.45) is 7.05 Å². The van der Waals surface area contributed by atoms with Crippen molar-refractivity contribution < 1.29 is 49.0 Å². The fourth-order valence-electron chi connectivity index (χ4n) is 2.88. The van der Waals surface area contributed by atoms with Gasteiger partial charge in [-0.05, 0) is 18.2 Å². The summed E-state index contributed by atoms with van der Waals surface area (Å²) < 4.78 is 125. The highest BCUT2D eigenvalue weighted by Crippen LogP contribution is 2.50. The summed E-state index contributed by atoms with van der Waals surface area (Å²) in [4.78, 5) is 15.5. The molecule has 0 aliphatic heterocycles. The Morgan fingerprint density at radius 2 is 1.73 bits per heavy atom. The molecule has 0 bridgehead atoms. The van der Waals surface area contributed by atoms with Crippen LogP contribution in [0.1, 0.15) is 21.6 Å². The Morgan fingerprint density at radius 3 is 2.27 bits per heavy atom. The number of methoxy groups -OCH3 is 1. The fraction of sp³-hybridized carbons (Fsp3) is 0.278. The van der Waals surface area contributed by atoms with E-state index in [9.17, 15) is 44.3 Å². The Hall–Kier alpha value is -3.10. The first-order chi connectivity index (χ1) is 15.1. The first-order valence-corrected chi connectivity index (χ1v) is 9.41. The van der Waals surface area contributed by atoms with Gasteiger partial charge in [-0.15, -0.1) is 11.3 Å². The van der Waals surface area contributed by atoms with Crippen molar-refractivity contribution in [3.05, 3.63) is 46.2 Å². The van der Waals surface area contributed by atoms with Gasteiger partial charge in [-0.25, -0.2) is 14.2 Å². The van der Waals surface area contributed by atoms with E-state index in [4.69, 9.17) is 0 Å². The van der Waals surface area contributed by atoms with Gasteiger partial charge in [0.05, 0.1) is 18.4 Å². The van der Waals surface area contributed by atoms with Crippen LogP contribution in [0.4, 0.5) is 39.5 Å². The Morgan fingerprint density at radius 1 is 1.09 bits per heavy atom. The van der Waals surface area contributed by atoms with E-state index in [-0.39, 0.29) is 15.3 Å². The zero-order chi connectivity index (χ0) is 24.9. The second-order valence-corrected chi connectivity index (χ2v) is 7.35. The number of halogens is 9. The molecule has 0 amide bonds. The largest absolute Gasteiger partial charge is 0.465 e. The molecule has 0 aliphatic carbocycles. The van der Waals surface area contributed by atoms with E-state index in [1.807, 2.05) is 0 Å². The van der Waals surface area contributed by atoms with Gasteiger partial charge in [0.25, 0.3) is 0 Å². The van der Waals surface area contributed by atoms with Gasteiger partial charge in [-0.1, -0.05) is 0 Å². The molecule has 0 radical (unpaired) electrons. The molecule has 0 N–H and O–H groups in total. The van der Waals surface area contributed by atoms with Crippen molar-refractivity contribution >= 4 is 17.3 Å². The number of benzene rings is 1. The molecule has 1 aromatic carbocycles. The number of aryl methyl sites for hydroxylation is 1. The molecule has 0 aliphatic rings. The van der Waals surface area contributed by atoms with E-state index >= 15 is 0 Å². The van der Waals surface area contributed by atoms with Crippen LogP contribution in [-0.2, 0) is 23.9 Å². The number of ether oxygens (including phenoxy) is 1. The van der Waals surface area contributed by atoms with Crippen molar-refractivity contribution in [3.8, 4) is 22.0 Å².